The summed E-state index contributed by atoms with van der Waals surface area (Å²) in [5.41, 5.74) is 0.840. The molecule has 0 saturated carbocycles. The molecule has 1 aromatic heterocycles. The highest BCUT2D eigenvalue weighted by Crippen LogP contribution is 2.33. The molecule has 148 valence electrons. The number of para-hydroxylation sites is 2. The van der Waals surface area contributed by atoms with Gasteiger partial charge >= 0.3 is 0 Å². The third-order valence-electron chi connectivity index (χ3n) is 5.59. The van der Waals surface area contributed by atoms with Crippen molar-refractivity contribution in [1.29, 1.82) is 0 Å². The van der Waals surface area contributed by atoms with Gasteiger partial charge in [-0.3, -0.25) is 9.59 Å². The van der Waals surface area contributed by atoms with Gasteiger partial charge in [-0.1, -0.05) is 24.3 Å². The summed E-state index contributed by atoms with van der Waals surface area (Å²) in [6.07, 6.45) is 2.27. The summed E-state index contributed by atoms with van der Waals surface area (Å²) in [6.45, 7) is 1.14. The van der Waals surface area contributed by atoms with Gasteiger partial charge in [0.25, 0.3) is 5.91 Å². The third-order valence-corrected chi connectivity index (χ3v) is 6.69. The van der Waals surface area contributed by atoms with E-state index in [2.05, 4.69) is 16.4 Å². The largest absolute Gasteiger partial charge is 0.467 e. The van der Waals surface area contributed by atoms with Gasteiger partial charge in [0.05, 0.1) is 20.8 Å². The SMILES string of the molecule is O=C1NC2(CCN(C(=O)CCc3nc4ccccc4s3)CC2)Oc2ccccc21. The van der Waals surface area contributed by atoms with E-state index in [1.807, 2.05) is 41.3 Å². The van der Waals surface area contributed by atoms with Gasteiger partial charge in [-0.05, 0) is 24.3 Å². The second-order valence-corrected chi connectivity index (χ2v) is 8.62. The number of thiazole rings is 1. The topological polar surface area (TPSA) is 71.5 Å². The standard InChI is InChI=1S/C22H21N3O3S/c26-20(10-9-19-23-16-6-2-4-8-18(16)29-19)25-13-11-22(12-14-25)24-21(27)15-5-1-3-7-17(15)28-22/h1-8H,9-14H2,(H,24,27). The average molecular weight is 407 g/mol. The molecule has 2 aliphatic heterocycles. The predicted octanol–water partition coefficient (Wildman–Crippen LogP) is 3.37. The van der Waals surface area contributed by atoms with Gasteiger partial charge in [-0.2, -0.15) is 0 Å². The lowest BCUT2D eigenvalue weighted by Gasteiger charge is -2.44. The molecule has 7 heteroatoms. The summed E-state index contributed by atoms with van der Waals surface area (Å²) in [5, 5.41) is 4.01. The zero-order chi connectivity index (χ0) is 19.8. The van der Waals surface area contributed by atoms with Crippen LogP contribution in [-0.4, -0.2) is 40.5 Å². The molecule has 3 aromatic rings. The van der Waals surface area contributed by atoms with Crippen molar-refractivity contribution in [2.75, 3.05) is 13.1 Å². The Morgan fingerprint density at radius 2 is 1.90 bits per heavy atom. The smallest absolute Gasteiger partial charge is 0.258 e. The minimum Gasteiger partial charge on any atom is -0.467 e. The Balaban J connectivity index is 1.19. The first-order chi connectivity index (χ1) is 14.1. The highest BCUT2D eigenvalue weighted by molar-refractivity contribution is 7.18. The summed E-state index contributed by atoms with van der Waals surface area (Å²) >= 11 is 1.65. The van der Waals surface area contributed by atoms with Gasteiger partial charge in [0.2, 0.25) is 5.91 Å². The molecule has 1 saturated heterocycles. The van der Waals surface area contributed by atoms with Crippen molar-refractivity contribution in [3.05, 3.63) is 59.1 Å². The van der Waals surface area contributed by atoms with Gasteiger partial charge in [0.15, 0.2) is 5.72 Å². The molecule has 2 amide bonds. The summed E-state index contributed by atoms with van der Waals surface area (Å²) < 4.78 is 7.30. The van der Waals surface area contributed by atoms with E-state index in [1.54, 1.807) is 17.4 Å². The number of piperidine rings is 1. The van der Waals surface area contributed by atoms with Crippen molar-refractivity contribution in [3.8, 4) is 5.75 Å². The fourth-order valence-corrected chi connectivity index (χ4v) is 4.96. The number of hydrogen-bond donors (Lipinski definition) is 1. The summed E-state index contributed by atoms with van der Waals surface area (Å²) in [6, 6.07) is 15.3. The van der Waals surface area contributed by atoms with Gasteiger partial charge in [-0.15, -0.1) is 11.3 Å². The minimum absolute atomic E-state index is 0.109. The maximum atomic E-state index is 12.7. The second-order valence-electron chi connectivity index (χ2n) is 7.50. The van der Waals surface area contributed by atoms with Crippen molar-refractivity contribution >= 4 is 33.4 Å². The number of carbonyl (C=O) groups excluding carboxylic acids is 2. The molecule has 0 bridgehead atoms. The fraction of sp³-hybridized carbons (Fsp3) is 0.318. The van der Waals surface area contributed by atoms with Crippen LogP contribution in [-0.2, 0) is 11.2 Å². The molecule has 2 aromatic carbocycles. The monoisotopic (exact) mass is 407 g/mol. The number of benzene rings is 2. The first-order valence-corrected chi connectivity index (χ1v) is 10.7. The van der Waals surface area contributed by atoms with Crippen LogP contribution in [0.15, 0.2) is 48.5 Å². The lowest BCUT2D eigenvalue weighted by atomic mass is 9.96. The predicted molar refractivity (Wildman–Crippen MR) is 111 cm³/mol. The molecule has 3 heterocycles. The molecule has 0 radical (unpaired) electrons. The van der Waals surface area contributed by atoms with E-state index in [1.165, 1.54) is 0 Å². The van der Waals surface area contributed by atoms with Crippen LogP contribution in [0.1, 0.15) is 34.6 Å². The van der Waals surface area contributed by atoms with Crippen LogP contribution >= 0.6 is 11.3 Å². The molecule has 2 aliphatic rings. The van der Waals surface area contributed by atoms with Gasteiger partial charge < -0.3 is 15.0 Å². The van der Waals surface area contributed by atoms with Crippen molar-refractivity contribution < 1.29 is 14.3 Å². The van der Waals surface area contributed by atoms with Gasteiger partial charge in [0.1, 0.15) is 5.75 Å². The third kappa shape index (κ3) is 3.46. The van der Waals surface area contributed by atoms with Gasteiger partial charge in [-0.25, -0.2) is 4.98 Å². The van der Waals surface area contributed by atoms with E-state index in [0.29, 0.717) is 50.1 Å². The summed E-state index contributed by atoms with van der Waals surface area (Å²) in [5.74, 6) is 0.635. The lowest BCUT2D eigenvalue weighted by Crippen LogP contribution is -2.61. The molecule has 29 heavy (non-hydrogen) atoms. The number of amides is 2. The second kappa shape index (κ2) is 7.15. The molecule has 1 spiro atoms. The number of fused-ring (bicyclic) bond motifs is 2. The number of carbonyl (C=O) groups is 2. The Morgan fingerprint density at radius 3 is 2.72 bits per heavy atom. The van der Waals surface area contributed by atoms with E-state index >= 15 is 0 Å². The maximum absolute atomic E-state index is 12.7. The number of likely N-dealkylation sites (tertiary alicyclic amines) is 1. The van der Waals surface area contributed by atoms with Crippen LogP contribution in [0.4, 0.5) is 0 Å². The first-order valence-electron chi connectivity index (χ1n) is 9.85. The lowest BCUT2D eigenvalue weighted by molar-refractivity contribution is -0.135. The van der Waals surface area contributed by atoms with E-state index in [-0.39, 0.29) is 11.8 Å². The number of ether oxygens (including phenoxy) is 1. The molecule has 0 aliphatic carbocycles. The quantitative estimate of drug-likeness (QED) is 0.723. The van der Waals surface area contributed by atoms with Crippen LogP contribution in [0.2, 0.25) is 0 Å². The Labute approximate surface area is 172 Å². The minimum atomic E-state index is -0.713. The van der Waals surface area contributed by atoms with Crippen LogP contribution in [0.3, 0.4) is 0 Å². The molecular formula is C22H21N3O3S. The van der Waals surface area contributed by atoms with Crippen LogP contribution < -0.4 is 10.1 Å². The molecule has 0 unspecified atom stereocenters. The van der Waals surface area contributed by atoms with Crippen LogP contribution in [0.25, 0.3) is 10.2 Å². The Morgan fingerprint density at radius 1 is 1.14 bits per heavy atom. The first kappa shape index (κ1) is 18.1. The van der Waals surface area contributed by atoms with Crippen molar-refractivity contribution in [2.24, 2.45) is 0 Å². The Kier molecular flexibility index (Phi) is 4.47. The fourth-order valence-electron chi connectivity index (χ4n) is 4.00. The molecule has 1 N–H and O–H groups in total. The number of rotatable bonds is 3. The molecule has 5 rings (SSSR count). The number of aromatic nitrogens is 1. The van der Waals surface area contributed by atoms with Crippen LogP contribution in [0.5, 0.6) is 5.75 Å². The number of hydrogen-bond acceptors (Lipinski definition) is 5. The zero-order valence-electron chi connectivity index (χ0n) is 15.9. The van der Waals surface area contributed by atoms with E-state index < -0.39 is 5.72 Å². The number of nitrogens with one attached hydrogen (secondary N) is 1. The molecule has 1 fully saturated rings. The van der Waals surface area contributed by atoms with E-state index in [9.17, 15) is 9.59 Å². The highest BCUT2D eigenvalue weighted by Gasteiger charge is 2.43. The van der Waals surface area contributed by atoms with Crippen molar-refractivity contribution in [1.82, 2.24) is 15.2 Å². The Bertz CT molecular complexity index is 1050. The normalized spacial score (nSPS) is 17.7. The Hall–Kier alpha value is -2.93. The molecule has 0 atom stereocenters. The van der Waals surface area contributed by atoms with Crippen molar-refractivity contribution in [3.63, 3.8) is 0 Å². The number of aryl methyl sites for hydroxylation is 1. The zero-order valence-corrected chi connectivity index (χ0v) is 16.7. The van der Waals surface area contributed by atoms with Crippen molar-refractivity contribution in [2.45, 2.75) is 31.4 Å². The maximum Gasteiger partial charge on any atom is 0.258 e. The molecule has 6 nitrogen and oxygen atoms in total. The van der Waals surface area contributed by atoms with E-state index in [0.717, 1.165) is 15.2 Å². The summed E-state index contributed by atoms with van der Waals surface area (Å²) in [7, 11) is 0. The highest BCUT2D eigenvalue weighted by atomic mass is 32.1. The molecular weight excluding hydrogens is 386 g/mol. The summed E-state index contributed by atoms with van der Waals surface area (Å²) in [4.78, 5) is 31.6. The van der Waals surface area contributed by atoms with Gasteiger partial charge in [0, 0.05) is 38.8 Å². The average Bonchev–Trinajstić information content (AvgIpc) is 3.16. The number of nitrogens with zero attached hydrogens (tertiary/aromatic N) is 2. The van der Waals surface area contributed by atoms with E-state index in [4.69, 9.17) is 4.74 Å². The van der Waals surface area contributed by atoms with Crippen LogP contribution in [0, 0.1) is 0 Å².